The molecule has 0 amide bonds. The van der Waals surface area contributed by atoms with Gasteiger partial charge in [-0.1, -0.05) is 24.3 Å². The van der Waals surface area contributed by atoms with Crippen LogP contribution in [0, 0.1) is 5.82 Å². The third-order valence-electron chi connectivity index (χ3n) is 5.87. The van der Waals surface area contributed by atoms with Crippen LogP contribution in [0.4, 0.5) is 10.1 Å². The number of thioether (sulfide) groups is 1. The van der Waals surface area contributed by atoms with E-state index in [0.717, 1.165) is 51.7 Å². The van der Waals surface area contributed by atoms with Crippen LogP contribution in [0.5, 0.6) is 5.75 Å². The monoisotopic (exact) mass is 433 g/mol. The van der Waals surface area contributed by atoms with E-state index in [1.54, 1.807) is 31.0 Å². The fourth-order valence-electron chi connectivity index (χ4n) is 4.20. The van der Waals surface area contributed by atoms with Gasteiger partial charge in [0.2, 0.25) is 0 Å². The second-order valence-corrected chi connectivity index (χ2v) is 9.03. The van der Waals surface area contributed by atoms with Crippen molar-refractivity contribution in [1.29, 1.82) is 0 Å². The summed E-state index contributed by atoms with van der Waals surface area (Å²) in [5, 5.41) is 0.173. The molecule has 1 aliphatic rings. The summed E-state index contributed by atoms with van der Waals surface area (Å²) in [5.41, 5.74) is 4.33. The highest BCUT2D eigenvalue weighted by Crippen LogP contribution is 2.46. The van der Waals surface area contributed by atoms with E-state index in [9.17, 15) is 4.39 Å². The van der Waals surface area contributed by atoms with Gasteiger partial charge in [0.15, 0.2) is 0 Å². The fraction of sp³-hybridized carbons (Fsp3) is 0.240. The van der Waals surface area contributed by atoms with Crippen molar-refractivity contribution >= 4 is 28.5 Å². The summed E-state index contributed by atoms with van der Waals surface area (Å²) >= 11 is 1.78. The van der Waals surface area contributed by atoms with Crippen molar-refractivity contribution in [3.05, 3.63) is 83.9 Å². The van der Waals surface area contributed by atoms with E-state index < -0.39 is 0 Å². The van der Waals surface area contributed by atoms with Crippen LogP contribution in [0.1, 0.15) is 23.1 Å². The first kappa shape index (κ1) is 19.9. The van der Waals surface area contributed by atoms with E-state index >= 15 is 0 Å². The van der Waals surface area contributed by atoms with Gasteiger partial charge in [0.05, 0.1) is 30.4 Å². The summed E-state index contributed by atoms with van der Waals surface area (Å²) in [6, 6.07) is 21.4. The Morgan fingerprint density at radius 2 is 1.97 bits per heavy atom. The fourth-order valence-corrected chi connectivity index (χ4v) is 5.51. The topological polar surface area (TPSA) is 30.3 Å². The molecule has 1 unspecified atom stereocenters. The van der Waals surface area contributed by atoms with Gasteiger partial charge in [-0.3, -0.25) is 0 Å². The summed E-state index contributed by atoms with van der Waals surface area (Å²) in [4.78, 5) is 8.39. The number of fused-ring (bicyclic) bond motifs is 2. The molecule has 3 aromatic carbocycles. The Hall–Kier alpha value is -2.99. The van der Waals surface area contributed by atoms with Crippen molar-refractivity contribution in [2.45, 2.75) is 23.1 Å². The van der Waals surface area contributed by atoms with Crippen molar-refractivity contribution in [2.24, 2.45) is 7.05 Å². The van der Waals surface area contributed by atoms with Gasteiger partial charge in [-0.05, 0) is 54.4 Å². The molecule has 1 aliphatic heterocycles. The lowest BCUT2D eigenvalue weighted by atomic mass is 10.1. The van der Waals surface area contributed by atoms with Crippen LogP contribution in [0.2, 0.25) is 0 Å². The molecule has 1 aromatic heterocycles. The minimum atomic E-state index is -0.190. The molecule has 0 aliphatic carbocycles. The van der Waals surface area contributed by atoms with Gasteiger partial charge in [-0.15, -0.1) is 11.8 Å². The van der Waals surface area contributed by atoms with Crippen LogP contribution in [0.3, 0.4) is 0 Å². The number of para-hydroxylation sites is 2. The number of hydrogen-bond donors (Lipinski definition) is 0. The van der Waals surface area contributed by atoms with E-state index in [1.807, 2.05) is 24.3 Å². The zero-order valence-electron chi connectivity index (χ0n) is 17.6. The van der Waals surface area contributed by atoms with E-state index in [4.69, 9.17) is 9.72 Å². The second kappa shape index (κ2) is 8.27. The van der Waals surface area contributed by atoms with E-state index in [1.165, 1.54) is 6.07 Å². The normalized spacial score (nSPS) is 16.2. The average molecular weight is 434 g/mol. The molecule has 0 N–H and O–H groups in total. The van der Waals surface area contributed by atoms with E-state index in [0.29, 0.717) is 6.54 Å². The molecule has 6 heteroatoms. The van der Waals surface area contributed by atoms with Crippen LogP contribution in [0.15, 0.2) is 71.6 Å². The highest BCUT2D eigenvalue weighted by atomic mass is 32.2. The van der Waals surface area contributed by atoms with Crippen LogP contribution < -0.4 is 9.64 Å². The number of benzene rings is 3. The molecular formula is C25H24FN3OS. The maximum absolute atomic E-state index is 13.9. The number of aryl methyl sites for hydroxylation is 1. The summed E-state index contributed by atoms with van der Waals surface area (Å²) < 4.78 is 21.6. The first-order valence-electron chi connectivity index (χ1n) is 10.4. The lowest BCUT2D eigenvalue weighted by Crippen LogP contribution is -2.25. The standard InChI is InChI=1S/C25H24FN3OS/c1-28-21-9-4-3-8-20(21)27-25(28)16-29-13-12-23(17-6-5-7-18(26)14-17)31-24-15-19(30-2)10-11-22(24)29/h3-11,14-15,23H,12-13,16H2,1-2H3. The molecule has 0 spiro atoms. The molecule has 4 nitrogen and oxygen atoms in total. The van der Waals surface area contributed by atoms with Crippen LogP contribution in [-0.4, -0.2) is 23.2 Å². The smallest absolute Gasteiger partial charge is 0.129 e. The summed E-state index contributed by atoms with van der Waals surface area (Å²) in [7, 11) is 3.76. The Balaban J connectivity index is 1.52. The van der Waals surface area contributed by atoms with E-state index in [2.05, 4.69) is 40.8 Å². The number of anilines is 1. The zero-order chi connectivity index (χ0) is 21.4. The Labute approximate surface area is 185 Å². The zero-order valence-corrected chi connectivity index (χ0v) is 18.4. The molecule has 31 heavy (non-hydrogen) atoms. The van der Waals surface area contributed by atoms with Gasteiger partial charge in [0.25, 0.3) is 0 Å². The Morgan fingerprint density at radius 3 is 2.77 bits per heavy atom. The number of aromatic nitrogens is 2. The quantitative estimate of drug-likeness (QED) is 0.397. The van der Waals surface area contributed by atoms with Gasteiger partial charge in [-0.2, -0.15) is 0 Å². The van der Waals surface area contributed by atoms with Gasteiger partial charge in [0.1, 0.15) is 17.4 Å². The molecular weight excluding hydrogens is 409 g/mol. The molecule has 5 rings (SSSR count). The minimum Gasteiger partial charge on any atom is -0.497 e. The predicted molar refractivity (Wildman–Crippen MR) is 124 cm³/mol. The predicted octanol–water partition coefficient (Wildman–Crippen LogP) is 5.96. The maximum atomic E-state index is 13.9. The van der Waals surface area contributed by atoms with Crippen molar-refractivity contribution < 1.29 is 9.13 Å². The first-order valence-corrected chi connectivity index (χ1v) is 11.3. The molecule has 0 radical (unpaired) electrons. The number of nitrogens with zero attached hydrogens (tertiary/aromatic N) is 3. The molecule has 0 saturated heterocycles. The van der Waals surface area contributed by atoms with Crippen molar-refractivity contribution in [3.63, 3.8) is 0 Å². The first-order chi connectivity index (χ1) is 15.1. The Kier molecular flexibility index (Phi) is 5.32. The van der Waals surface area contributed by atoms with Gasteiger partial charge < -0.3 is 14.2 Å². The lowest BCUT2D eigenvalue weighted by Gasteiger charge is -2.24. The summed E-state index contributed by atoms with van der Waals surface area (Å²) in [6.07, 6.45) is 0.912. The van der Waals surface area contributed by atoms with Crippen molar-refractivity contribution in [1.82, 2.24) is 9.55 Å². The SMILES string of the molecule is COc1ccc2c(c1)SC(c1cccc(F)c1)CCN2Cc1nc2ccccc2n1C. The highest BCUT2D eigenvalue weighted by molar-refractivity contribution is 7.99. The van der Waals surface area contributed by atoms with Gasteiger partial charge in [0, 0.05) is 23.7 Å². The maximum Gasteiger partial charge on any atom is 0.129 e. The average Bonchev–Trinajstić information content (AvgIpc) is 2.99. The summed E-state index contributed by atoms with van der Waals surface area (Å²) in [6.45, 7) is 1.57. The molecule has 4 aromatic rings. The highest BCUT2D eigenvalue weighted by Gasteiger charge is 2.25. The van der Waals surface area contributed by atoms with Crippen LogP contribution in [-0.2, 0) is 13.6 Å². The van der Waals surface area contributed by atoms with Crippen molar-refractivity contribution in [3.8, 4) is 5.75 Å². The number of hydrogen-bond acceptors (Lipinski definition) is 4. The van der Waals surface area contributed by atoms with Crippen LogP contribution in [0.25, 0.3) is 11.0 Å². The number of methoxy groups -OCH3 is 1. The second-order valence-electron chi connectivity index (χ2n) is 7.78. The molecule has 0 fully saturated rings. The number of halogens is 1. The lowest BCUT2D eigenvalue weighted by molar-refractivity contribution is 0.413. The van der Waals surface area contributed by atoms with E-state index in [-0.39, 0.29) is 11.1 Å². The molecule has 0 bridgehead atoms. The van der Waals surface area contributed by atoms with Crippen molar-refractivity contribution in [2.75, 3.05) is 18.6 Å². The third-order valence-corrected chi connectivity index (χ3v) is 7.24. The number of rotatable bonds is 4. The Morgan fingerprint density at radius 1 is 1.10 bits per heavy atom. The number of imidazole rings is 1. The van der Waals surface area contributed by atoms with Crippen LogP contribution >= 0.6 is 11.8 Å². The van der Waals surface area contributed by atoms with Gasteiger partial charge >= 0.3 is 0 Å². The summed E-state index contributed by atoms with van der Waals surface area (Å²) in [5.74, 6) is 1.66. The molecule has 0 saturated carbocycles. The molecule has 2 heterocycles. The number of ether oxygens (including phenoxy) is 1. The molecule has 158 valence electrons. The Bertz CT molecular complexity index is 1240. The minimum absolute atomic E-state index is 0.173. The molecule has 1 atom stereocenters. The largest absolute Gasteiger partial charge is 0.497 e. The third kappa shape index (κ3) is 3.88. The van der Waals surface area contributed by atoms with Gasteiger partial charge in [-0.25, -0.2) is 9.37 Å².